The second-order valence-corrected chi connectivity index (χ2v) is 4.15. The summed E-state index contributed by atoms with van der Waals surface area (Å²) < 4.78 is 10.7. The number of ether oxygens (including phenoxy) is 2. The molecule has 1 saturated heterocycles. The summed E-state index contributed by atoms with van der Waals surface area (Å²) in [6.45, 7) is 0.574. The van der Waals surface area contributed by atoms with E-state index in [1.807, 2.05) is 36.4 Å². The van der Waals surface area contributed by atoms with E-state index in [0.29, 0.717) is 5.56 Å². The first kappa shape index (κ1) is 11.2. The maximum atomic E-state index is 11.5. The van der Waals surface area contributed by atoms with E-state index < -0.39 is 11.8 Å². The van der Waals surface area contributed by atoms with Crippen molar-refractivity contribution in [2.45, 2.75) is 5.79 Å². The van der Waals surface area contributed by atoms with Crippen LogP contribution in [0.3, 0.4) is 0 Å². The Kier molecular flexibility index (Phi) is 2.54. The smallest absolute Gasteiger partial charge is 0.369 e. The Morgan fingerprint density at radius 3 is 2.44 bits per heavy atom. The van der Waals surface area contributed by atoms with Crippen LogP contribution in [0.5, 0.6) is 0 Å². The van der Waals surface area contributed by atoms with E-state index in [1.54, 1.807) is 6.07 Å². The molecule has 0 radical (unpaired) electrons. The van der Waals surface area contributed by atoms with Crippen LogP contribution in [0.1, 0.15) is 5.56 Å². The van der Waals surface area contributed by atoms with Crippen molar-refractivity contribution >= 4 is 16.7 Å². The third-order valence-corrected chi connectivity index (χ3v) is 3.12. The highest BCUT2D eigenvalue weighted by Crippen LogP contribution is 2.36. The standard InChI is InChI=1S/C14H12O4/c15-13(16)14(17-8-9-18-14)12-7-3-5-10-4-1-2-6-11(10)12/h1-7H,8-9H2,(H,15,16). The number of rotatable bonds is 2. The molecule has 0 atom stereocenters. The van der Waals surface area contributed by atoms with Gasteiger partial charge < -0.3 is 14.6 Å². The molecule has 4 heteroatoms. The van der Waals surface area contributed by atoms with Gasteiger partial charge in [0.1, 0.15) is 0 Å². The van der Waals surface area contributed by atoms with Crippen LogP contribution in [0.2, 0.25) is 0 Å². The predicted molar refractivity (Wildman–Crippen MR) is 65.2 cm³/mol. The minimum Gasteiger partial charge on any atom is -0.477 e. The van der Waals surface area contributed by atoms with Gasteiger partial charge in [0.15, 0.2) is 0 Å². The van der Waals surface area contributed by atoms with E-state index in [-0.39, 0.29) is 13.2 Å². The number of carbonyl (C=O) groups is 1. The minimum atomic E-state index is -1.67. The lowest BCUT2D eigenvalue weighted by molar-refractivity contribution is -0.205. The summed E-state index contributed by atoms with van der Waals surface area (Å²) in [5, 5.41) is 11.2. The molecule has 0 saturated carbocycles. The molecule has 1 fully saturated rings. The lowest BCUT2D eigenvalue weighted by atomic mass is 9.98. The highest BCUT2D eigenvalue weighted by Gasteiger charge is 2.47. The van der Waals surface area contributed by atoms with Gasteiger partial charge in [0.2, 0.25) is 0 Å². The Morgan fingerprint density at radius 1 is 1.06 bits per heavy atom. The normalized spacial score (nSPS) is 18.0. The molecule has 0 spiro atoms. The minimum absolute atomic E-state index is 0.287. The molecule has 2 aromatic rings. The van der Waals surface area contributed by atoms with Crippen LogP contribution in [0, 0.1) is 0 Å². The molecule has 1 aliphatic heterocycles. The van der Waals surface area contributed by atoms with Crippen LogP contribution in [0.4, 0.5) is 0 Å². The molecule has 0 amide bonds. The zero-order chi connectivity index (χ0) is 12.6. The maximum absolute atomic E-state index is 11.5. The molecule has 3 rings (SSSR count). The third-order valence-electron chi connectivity index (χ3n) is 3.12. The molecule has 92 valence electrons. The van der Waals surface area contributed by atoms with Gasteiger partial charge in [-0.25, -0.2) is 4.79 Å². The second kappa shape index (κ2) is 4.08. The third kappa shape index (κ3) is 1.50. The zero-order valence-electron chi connectivity index (χ0n) is 9.63. The largest absolute Gasteiger partial charge is 0.477 e. The number of carboxylic acids is 1. The molecule has 1 aliphatic rings. The highest BCUT2D eigenvalue weighted by atomic mass is 16.8. The predicted octanol–water partition coefficient (Wildman–Crippen LogP) is 2.12. The number of hydrogen-bond donors (Lipinski definition) is 1. The van der Waals surface area contributed by atoms with Crippen molar-refractivity contribution in [3.63, 3.8) is 0 Å². The highest BCUT2D eigenvalue weighted by molar-refractivity contribution is 5.91. The van der Waals surface area contributed by atoms with E-state index in [2.05, 4.69) is 0 Å². The lowest BCUT2D eigenvalue weighted by Crippen LogP contribution is -2.37. The second-order valence-electron chi connectivity index (χ2n) is 4.15. The van der Waals surface area contributed by atoms with Gasteiger partial charge in [0.05, 0.1) is 13.2 Å². The van der Waals surface area contributed by atoms with Crippen molar-refractivity contribution in [1.82, 2.24) is 0 Å². The van der Waals surface area contributed by atoms with E-state index in [1.165, 1.54) is 0 Å². The summed E-state index contributed by atoms with van der Waals surface area (Å²) in [6.07, 6.45) is 0. The first-order valence-electron chi connectivity index (χ1n) is 5.73. The van der Waals surface area contributed by atoms with Gasteiger partial charge in [0, 0.05) is 5.56 Å². The lowest BCUT2D eigenvalue weighted by Gasteiger charge is -2.24. The van der Waals surface area contributed by atoms with Crippen LogP contribution in [-0.2, 0) is 20.1 Å². The van der Waals surface area contributed by atoms with Gasteiger partial charge in [-0.15, -0.1) is 0 Å². The van der Waals surface area contributed by atoms with Crippen molar-refractivity contribution in [3.8, 4) is 0 Å². The van der Waals surface area contributed by atoms with Gasteiger partial charge in [-0.05, 0) is 10.8 Å². The van der Waals surface area contributed by atoms with E-state index in [4.69, 9.17) is 9.47 Å². The van der Waals surface area contributed by atoms with Gasteiger partial charge in [-0.3, -0.25) is 0 Å². The molecule has 0 bridgehead atoms. The quantitative estimate of drug-likeness (QED) is 0.879. The molecular formula is C14H12O4. The summed E-state index contributed by atoms with van der Waals surface area (Å²) in [4.78, 5) is 11.5. The fourth-order valence-corrected chi connectivity index (χ4v) is 2.32. The summed E-state index contributed by atoms with van der Waals surface area (Å²) in [7, 11) is 0. The van der Waals surface area contributed by atoms with Crippen LogP contribution < -0.4 is 0 Å². The van der Waals surface area contributed by atoms with Crippen LogP contribution in [0.25, 0.3) is 10.8 Å². The first-order chi connectivity index (χ1) is 8.74. The van der Waals surface area contributed by atoms with Crippen LogP contribution in [-0.4, -0.2) is 24.3 Å². The molecule has 0 aromatic heterocycles. The molecule has 1 N–H and O–H groups in total. The average Bonchev–Trinajstić information content (AvgIpc) is 2.88. The van der Waals surface area contributed by atoms with E-state index in [0.717, 1.165) is 10.8 Å². The first-order valence-corrected chi connectivity index (χ1v) is 5.73. The van der Waals surface area contributed by atoms with Crippen molar-refractivity contribution in [2.75, 3.05) is 13.2 Å². The van der Waals surface area contributed by atoms with Crippen molar-refractivity contribution in [1.29, 1.82) is 0 Å². The topological polar surface area (TPSA) is 55.8 Å². The van der Waals surface area contributed by atoms with E-state index in [9.17, 15) is 9.90 Å². The molecule has 2 aromatic carbocycles. The Bertz CT molecular complexity index is 594. The fourth-order valence-electron chi connectivity index (χ4n) is 2.32. The molecule has 0 unspecified atom stereocenters. The molecular weight excluding hydrogens is 232 g/mol. The average molecular weight is 244 g/mol. The molecule has 4 nitrogen and oxygen atoms in total. The summed E-state index contributed by atoms with van der Waals surface area (Å²) in [5.74, 6) is -2.78. The van der Waals surface area contributed by atoms with Gasteiger partial charge in [-0.1, -0.05) is 42.5 Å². The van der Waals surface area contributed by atoms with Crippen LogP contribution in [0.15, 0.2) is 42.5 Å². The Labute approximate surface area is 104 Å². The number of fused-ring (bicyclic) bond motifs is 1. The Morgan fingerprint density at radius 2 is 1.72 bits per heavy atom. The van der Waals surface area contributed by atoms with Gasteiger partial charge in [0.25, 0.3) is 5.79 Å². The van der Waals surface area contributed by atoms with Crippen molar-refractivity contribution < 1.29 is 19.4 Å². The number of aliphatic carboxylic acids is 1. The Hall–Kier alpha value is -1.91. The van der Waals surface area contributed by atoms with E-state index >= 15 is 0 Å². The number of carboxylic acid groups (broad SMARTS) is 1. The van der Waals surface area contributed by atoms with Crippen molar-refractivity contribution in [3.05, 3.63) is 48.0 Å². The summed E-state index contributed by atoms with van der Waals surface area (Å²) in [6, 6.07) is 13.1. The number of benzene rings is 2. The SMILES string of the molecule is O=C(O)C1(c2cccc3ccccc23)OCCO1. The molecule has 18 heavy (non-hydrogen) atoms. The van der Waals surface area contributed by atoms with Crippen LogP contribution >= 0.6 is 0 Å². The van der Waals surface area contributed by atoms with Crippen molar-refractivity contribution in [2.24, 2.45) is 0 Å². The Balaban J connectivity index is 2.27. The summed E-state index contributed by atoms with van der Waals surface area (Å²) in [5.41, 5.74) is 0.547. The maximum Gasteiger partial charge on any atom is 0.369 e. The fraction of sp³-hybridized carbons (Fsp3) is 0.214. The molecule has 0 aliphatic carbocycles. The summed E-state index contributed by atoms with van der Waals surface area (Å²) >= 11 is 0. The zero-order valence-corrected chi connectivity index (χ0v) is 9.63. The van der Waals surface area contributed by atoms with Gasteiger partial charge in [-0.2, -0.15) is 0 Å². The monoisotopic (exact) mass is 244 g/mol. The van der Waals surface area contributed by atoms with Gasteiger partial charge >= 0.3 is 5.97 Å². The molecule has 1 heterocycles. The number of hydrogen-bond acceptors (Lipinski definition) is 3.